The molecular formula is C17H19N3O11S3. The van der Waals surface area contributed by atoms with E-state index in [-0.39, 0.29) is 40.6 Å². The molecule has 3 N–H and O–H groups in total. The first-order chi connectivity index (χ1) is 15.9. The van der Waals surface area contributed by atoms with Gasteiger partial charge in [-0.05, 0) is 12.1 Å². The highest BCUT2D eigenvalue weighted by molar-refractivity contribution is 8.76. The topological polar surface area (TPSA) is 211 Å². The van der Waals surface area contributed by atoms with Gasteiger partial charge in [-0.25, -0.2) is 4.79 Å². The minimum Gasteiger partial charge on any atom is -0.391 e. The first-order valence-corrected chi connectivity index (χ1v) is 13.4. The van der Waals surface area contributed by atoms with Crippen LogP contribution < -0.4 is 5.32 Å². The highest BCUT2D eigenvalue weighted by atomic mass is 33.1. The monoisotopic (exact) mass is 537 g/mol. The van der Waals surface area contributed by atoms with Gasteiger partial charge in [-0.2, -0.15) is 8.42 Å². The summed E-state index contributed by atoms with van der Waals surface area (Å²) in [5, 5.41) is 20.6. The number of nitro groups is 1. The smallest absolute Gasteiger partial charge is 0.334 e. The number of carbonyl (C=O) groups is 4. The lowest BCUT2D eigenvalue weighted by atomic mass is 10.1. The number of nitrogens with zero attached hydrogens (tertiary/aromatic N) is 2. The van der Waals surface area contributed by atoms with Gasteiger partial charge in [0.2, 0.25) is 5.91 Å². The van der Waals surface area contributed by atoms with Crippen molar-refractivity contribution in [3.05, 3.63) is 33.9 Å². The largest absolute Gasteiger partial charge is 0.391 e. The number of anilines is 1. The molecule has 1 heterocycles. The Kier molecular flexibility index (Phi) is 9.80. The number of benzene rings is 1. The number of rotatable bonds is 12. The number of hydrogen-bond acceptors (Lipinski definition) is 12. The summed E-state index contributed by atoms with van der Waals surface area (Å²) in [6, 6.07) is 3.91. The molecule has 1 fully saturated rings. The second kappa shape index (κ2) is 12.1. The maximum Gasteiger partial charge on any atom is 0.334 e. The maximum atomic E-state index is 12.0. The Bertz CT molecular complexity index is 1090. The van der Waals surface area contributed by atoms with Gasteiger partial charge in [0.25, 0.3) is 27.6 Å². The summed E-state index contributed by atoms with van der Waals surface area (Å²) in [7, 11) is -2.36. The fourth-order valence-corrected chi connectivity index (χ4v) is 5.27. The quantitative estimate of drug-likeness (QED) is 0.0836. The van der Waals surface area contributed by atoms with Crippen molar-refractivity contribution in [3.8, 4) is 0 Å². The van der Waals surface area contributed by atoms with Gasteiger partial charge in [-0.3, -0.25) is 29.1 Å². The zero-order valence-electron chi connectivity index (χ0n) is 17.2. The van der Waals surface area contributed by atoms with E-state index in [0.29, 0.717) is 5.75 Å². The molecule has 0 aromatic heterocycles. The van der Waals surface area contributed by atoms with Gasteiger partial charge in [0, 0.05) is 29.7 Å². The van der Waals surface area contributed by atoms with Gasteiger partial charge in [-0.15, -0.1) is 5.06 Å². The van der Waals surface area contributed by atoms with Crippen LogP contribution in [0.4, 0.5) is 11.4 Å². The Morgan fingerprint density at radius 2 is 1.88 bits per heavy atom. The van der Waals surface area contributed by atoms with Crippen molar-refractivity contribution in [2.45, 2.75) is 31.1 Å². The maximum absolute atomic E-state index is 12.0. The van der Waals surface area contributed by atoms with Crippen molar-refractivity contribution in [2.24, 2.45) is 0 Å². The van der Waals surface area contributed by atoms with E-state index in [1.54, 1.807) is 0 Å². The van der Waals surface area contributed by atoms with E-state index < -0.39 is 57.0 Å². The Morgan fingerprint density at radius 1 is 1.24 bits per heavy atom. The molecule has 1 atom stereocenters. The number of aliphatic hydroxyl groups excluding tert-OH is 1. The number of hydroxylamine groups is 2. The molecule has 186 valence electrons. The number of amides is 3. The van der Waals surface area contributed by atoms with Crippen LogP contribution in [0.25, 0.3) is 0 Å². The number of hydrogen-bond donors (Lipinski definition) is 3. The van der Waals surface area contributed by atoms with Crippen molar-refractivity contribution in [1.82, 2.24) is 5.06 Å². The molecule has 1 aromatic rings. The van der Waals surface area contributed by atoms with Crippen LogP contribution in [0.2, 0.25) is 0 Å². The summed E-state index contributed by atoms with van der Waals surface area (Å²) in [6.07, 6.45) is -0.986. The van der Waals surface area contributed by atoms with Crippen LogP contribution in [0.15, 0.2) is 18.2 Å². The Labute approximate surface area is 200 Å². The molecule has 14 nitrogen and oxygen atoms in total. The third kappa shape index (κ3) is 7.66. The molecular weight excluding hydrogens is 518 g/mol. The van der Waals surface area contributed by atoms with Crippen molar-refractivity contribution >= 4 is 66.8 Å². The van der Waals surface area contributed by atoms with E-state index >= 15 is 0 Å². The Hall–Kier alpha value is -2.73. The number of imide groups is 1. The van der Waals surface area contributed by atoms with E-state index in [1.165, 1.54) is 33.7 Å². The van der Waals surface area contributed by atoms with Gasteiger partial charge in [0.1, 0.15) is 0 Å². The first-order valence-electron chi connectivity index (χ1n) is 9.40. The van der Waals surface area contributed by atoms with Crippen LogP contribution in [0.1, 0.15) is 24.8 Å². The lowest BCUT2D eigenvalue weighted by molar-refractivity contribution is -0.385. The molecule has 0 saturated carbocycles. The Morgan fingerprint density at radius 3 is 2.44 bits per heavy atom. The van der Waals surface area contributed by atoms with Crippen LogP contribution in [0.5, 0.6) is 0 Å². The average Bonchev–Trinajstić information content (AvgIpc) is 3.04. The number of nitrogens with one attached hydrogen (secondary N) is 1. The summed E-state index contributed by atoms with van der Waals surface area (Å²) in [4.78, 5) is 62.1. The average molecular weight is 538 g/mol. The van der Waals surface area contributed by atoms with Crippen LogP contribution >= 0.6 is 21.6 Å². The standard InChI is InChI=1S/C17H19N3O11S3/c21-9-10-1-2-11(7-12(10)20(26)27)18-14(22)3-5-32-33-6-4-16(24)31-19-15(23)8-13(17(19)25)34(28,29)30/h1-2,7,13,21H,3-6,8-9H2,(H,18,22)(H,28,29,30). The minimum absolute atomic E-state index is 0.0281. The summed E-state index contributed by atoms with van der Waals surface area (Å²) in [5.74, 6) is -3.25. The molecule has 0 aliphatic carbocycles. The van der Waals surface area contributed by atoms with Crippen molar-refractivity contribution in [3.63, 3.8) is 0 Å². The van der Waals surface area contributed by atoms with E-state index in [1.807, 2.05) is 0 Å². The summed E-state index contributed by atoms with van der Waals surface area (Å²) < 4.78 is 31.0. The molecule has 17 heteroatoms. The molecule has 1 saturated heterocycles. The summed E-state index contributed by atoms with van der Waals surface area (Å²) >= 11 is 0. The minimum atomic E-state index is -4.80. The van der Waals surface area contributed by atoms with Gasteiger partial charge < -0.3 is 15.3 Å². The molecule has 3 amide bonds. The molecule has 0 spiro atoms. The van der Waals surface area contributed by atoms with E-state index in [2.05, 4.69) is 10.2 Å². The van der Waals surface area contributed by atoms with Crippen molar-refractivity contribution < 1.29 is 47.0 Å². The normalized spacial score (nSPS) is 15.9. The molecule has 2 rings (SSSR count). The van der Waals surface area contributed by atoms with Crippen LogP contribution in [0, 0.1) is 10.1 Å². The lowest BCUT2D eigenvalue weighted by Crippen LogP contribution is -2.36. The predicted octanol–water partition coefficient (Wildman–Crippen LogP) is 0.661. The van der Waals surface area contributed by atoms with E-state index in [0.717, 1.165) is 6.07 Å². The molecule has 34 heavy (non-hydrogen) atoms. The zero-order chi connectivity index (χ0) is 25.5. The fraction of sp³-hybridized carbons (Fsp3) is 0.412. The Balaban J connectivity index is 1.67. The van der Waals surface area contributed by atoms with Crippen LogP contribution in [0.3, 0.4) is 0 Å². The molecule has 0 bridgehead atoms. The lowest BCUT2D eigenvalue weighted by Gasteiger charge is -2.13. The van der Waals surface area contributed by atoms with E-state index in [9.17, 15) is 37.7 Å². The van der Waals surface area contributed by atoms with Crippen molar-refractivity contribution in [1.29, 1.82) is 0 Å². The fourth-order valence-electron chi connectivity index (χ4n) is 2.60. The number of carbonyl (C=O) groups excluding carboxylic acids is 4. The van der Waals surface area contributed by atoms with Crippen LogP contribution in [-0.2, 0) is 40.7 Å². The second-order valence-corrected chi connectivity index (χ2v) is 10.9. The SMILES string of the molecule is O=C(CCSSCCC(=O)ON1C(=O)CC(S(=O)(=O)O)C1=O)Nc1ccc(CO)c([N+](=O)[O-])c1. The van der Waals surface area contributed by atoms with Crippen LogP contribution in [-0.4, -0.2) is 68.5 Å². The highest BCUT2D eigenvalue weighted by Gasteiger charge is 2.48. The number of nitro benzene ring substituents is 1. The summed E-state index contributed by atoms with van der Waals surface area (Å²) in [6.45, 7) is -0.512. The molecule has 1 aliphatic rings. The molecule has 1 unspecified atom stereocenters. The van der Waals surface area contributed by atoms with Gasteiger partial charge in [0.15, 0.2) is 5.25 Å². The van der Waals surface area contributed by atoms with Crippen molar-refractivity contribution in [2.75, 3.05) is 16.8 Å². The second-order valence-electron chi connectivity index (χ2n) is 6.65. The van der Waals surface area contributed by atoms with Gasteiger partial charge in [-0.1, -0.05) is 21.6 Å². The predicted molar refractivity (Wildman–Crippen MR) is 120 cm³/mol. The van der Waals surface area contributed by atoms with Gasteiger partial charge in [0.05, 0.1) is 29.9 Å². The molecule has 1 aromatic carbocycles. The number of aliphatic hydroxyl groups is 1. The first kappa shape index (κ1) is 27.5. The third-order valence-electron chi connectivity index (χ3n) is 4.24. The highest BCUT2D eigenvalue weighted by Crippen LogP contribution is 2.26. The zero-order valence-corrected chi connectivity index (χ0v) is 19.7. The summed E-state index contributed by atoms with van der Waals surface area (Å²) in [5.41, 5.74) is 0.00434. The van der Waals surface area contributed by atoms with Gasteiger partial charge >= 0.3 is 5.97 Å². The van der Waals surface area contributed by atoms with E-state index in [4.69, 9.17) is 9.66 Å². The molecule has 1 aliphatic heterocycles. The third-order valence-corrected chi connectivity index (χ3v) is 7.73. The molecule has 0 radical (unpaired) electrons.